The van der Waals surface area contributed by atoms with E-state index in [1.54, 1.807) is 18.2 Å². The number of hydrogen-bond acceptors (Lipinski definition) is 6. The van der Waals surface area contributed by atoms with E-state index in [9.17, 15) is 9.70 Å². The van der Waals surface area contributed by atoms with Crippen LogP contribution < -0.4 is 15.1 Å². The Kier molecular flexibility index (Phi) is 8.21. The first kappa shape index (κ1) is 23.4. The Morgan fingerprint density at radius 3 is 2.35 bits per heavy atom. The van der Waals surface area contributed by atoms with Gasteiger partial charge in [0.15, 0.2) is 6.29 Å². The molecule has 0 atom stereocenters. The van der Waals surface area contributed by atoms with Crippen molar-refractivity contribution in [2.75, 3.05) is 23.5 Å². The Bertz CT molecular complexity index is 1080. The van der Waals surface area contributed by atoms with Crippen molar-refractivity contribution < 1.29 is 20.4 Å². The number of nitrogens with zero attached hydrogens (tertiary/aromatic N) is 2. The van der Waals surface area contributed by atoms with E-state index >= 15 is 0 Å². The highest BCUT2D eigenvalue weighted by molar-refractivity contribution is 5.93. The zero-order chi connectivity index (χ0) is 23.6. The Hall–Kier alpha value is -3.75. The van der Waals surface area contributed by atoms with E-state index in [4.69, 9.17) is 14.2 Å². The zero-order valence-electron chi connectivity index (χ0n) is 18.8. The van der Waals surface area contributed by atoms with Gasteiger partial charge in [-0.05, 0) is 29.3 Å². The number of nitrogens with one attached hydrogen (secondary N) is 1. The van der Waals surface area contributed by atoms with Crippen molar-refractivity contribution in [3.05, 3.63) is 94.9 Å². The molecule has 0 aromatic heterocycles. The highest BCUT2D eigenvalue weighted by Crippen LogP contribution is 2.32. The molecule has 3 aromatic rings. The first-order valence-electron chi connectivity index (χ1n) is 11.2. The van der Waals surface area contributed by atoms with Crippen LogP contribution in [-0.4, -0.2) is 25.4 Å². The molecule has 1 N–H and O–H groups in total. The molecule has 178 valence electrons. The van der Waals surface area contributed by atoms with Gasteiger partial charge >= 0.3 is 0 Å². The van der Waals surface area contributed by atoms with Crippen LogP contribution in [0.2, 0.25) is 0 Å². The molecule has 1 aliphatic rings. The lowest BCUT2D eigenvalue weighted by Crippen LogP contribution is -2.18. The summed E-state index contributed by atoms with van der Waals surface area (Å²) in [6, 6.07) is 24.5. The van der Waals surface area contributed by atoms with Gasteiger partial charge in [-0.25, -0.2) is 5.01 Å². The SMILES string of the molecule is O=NN(Cc1ccccc1)c1ccc(OCc2ccccc2)c(NC(=O)CCC2OCCO2)c1.[HH]. The van der Waals surface area contributed by atoms with Crippen molar-refractivity contribution in [2.45, 2.75) is 32.3 Å². The first-order chi connectivity index (χ1) is 16.7. The molecule has 1 saturated heterocycles. The maximum absolute atomic E-state index is 12.7. The maximum Gasteiger partial charge on any atom is 0.224 e. The third-order valence-corrected chi connectivity index (χ3v) is 5.34. The van der Waals surface area contributed by atoms with E-state index in [1.807, 2.05) is 60.7 Å². The Balaban J connectivity index is 0.00000342. The summed E-state index contributed by atoms with van der Waals surface area (Å²) >= 11 is 0. The van der Waals surface area contributed by atoms with Gasteiger partial charge in [0.1, 0.15) is 12.4 Å². The Labute approximate surface area is 199 Å². The number of carbonyl (C=O) groups is 1. The molecular weight excluding hydrogens is 434 g/mol. The minimum absolute atomic E-state index is 0. The molecule has 0 bridgehead atoms. The lowest BCUT2D eigenvalue weighted by Gasteiger charge is -2.19. The van der Waals surface area contributed by atoms with Crippen molar-refractivity contribution in [3.8, 4) is 5.75 Å². The Morgan fingerprint density at radius 2 is 1.68 bits per heavy atom. The summed E-state index contributed by atoms with van der Waals surface area (Å²) in [5.41, 5.74) is 2.95. The summed E-state index contributed by atoms with van der Waals surface area (Å²) < 4.78 is 16.8. The van der Waals surface area contributed by atoms with Gasteiger partial charge < -0.3 is 19.5 Å². The Morgan fingerprint density at radius 1 is 1.00 bits per heavy atom. The van der Waals surface area contributed by atoms with Crippen molar-refractivity contribution in [1.29, 1.82) is 0 Å². The van der Waals surface area contributed by atoms with Crippen molar-refractivity contribution in [2.24, 2.45) is 5.29 Å². The summed E-state index contributed by atoms with van der Waals surface area (Å²) in [6.45, 7) is 1.73. The zero-order valence-corrected chi connectivity index (χ0v) is 18.8. The third-order valence-electron chi connectivity index (χ3n) is 5.34. The van der Waals surface area contributed by atoms with E-state index in [0.29, 0.717) is 49.9 Å². The largest absolute Gasteiger partial charge is 0.487 e. The van der Waals surface area contributed by atoms with E-state index < -0.39 is 0 Å². The second kappa shape index (κ2) is 11.9. The van der Waals surface area contributed by atoms with Crippen LogP contribution in [0.4, 0.5) is 11.4 Å². The molecule has 34 heavy (non-hydrogen) atoms. The van der Waals surface area contributed by atoms with Crippen molar-refractivity contribution >= 4 is 17.3 Å². The van der Waals surface area contributed by atoms with Crippen LogP contribution in [0.3, 0.4) is 0 Å². The molecular formula is C26H29N3O5. The van der Waals surface area contributed by atoms with Crippen LogP contribution in [-0.2, 0) is 27.4 Å². The molecule has 0 radical (unpaired) electrons. The highest BCUT2D eigenvalue weighted by Gasteiger charge is 2.19. The molecule has 1 amide bonds. The van der Waals surface area contributed by atoms with Gasteiger partial charge in [-0.15, -0.1) is 4.91 Å². The molecule has 0 aliphatic carbocycles. The maximum atomic E-state index is 12.7. The number of benzene rings is 3. The quantitative estimate of drug-likeness (QED) is 0.307. The fraction of sp³-hybridized carbons (Fsp3) is 0.269. The standard InChI is InChI=1S/C26H27N3O5.H2/c30-25(13-14-26-32-15-16-33-26)27-23-17-22(29(28-31)18-20-7-3-1-4-8-20)11-12-24(23)34-19-21-9-5-2-6-10-21;/h1-12,17,26H,13-16,18-19H2,(H,27,30);1H. The van der Waals surface area contributed by atoms with Gasteiger partial charge in [-0.1, -0.05) is 60.7 Å². The van der Waals surface area contributed by atoms with Crippen LogP contribution in [0.1, 0.15) is 25.4 Å². The number of amides is 1. The molecule has 0 saturated carbocycles. The predicted molar refractivity (Wildman–Crippen MR) is 131 cm³/mol. The lowest BCUT2D eigenvalue weighted by molar-refractivity contribution is -0.118. The summed E-state index contributed by atoms with van der Waals surface area (Å²) in [7, 11) is 0. The van der Waals surface area contributed by atoms with Crippen LogP contribution in [0.25, 0.3) is 0 Å². The molecule has 0 unspecified atom stereocenters. The number of carbonyl (C=O) groups excluding carboxylic acids is 1. The van der Waals surface area contributed by atoms with Crippen LogP contribution in [0.15, 0.2) is 84.1 Å². The highest BCUT2D eigenvalue weighted by atomic mass is 16.7. The normalized spacial score (nSPS) is 13.4. The monoisotopic (exact) mass is 463 g/mol. The second-order valence-corrected chi connectivity index (χ2v) is 7.84. The molecule has 1 fully saturated rings. The number of nitroso groups, excluding NO2 is 1. The van der Waals surface area contributed by atoms with E-state index in [1.165, 1.54) is 5.01 Å². The van der Waals surface area contributed by atoms with E-state index in [2.05, 4.69) is 10.6 Å². The third kappa shape index (κ3) is 6.63. The molecule has 8 heteroatoms. The number of rotatable bonds is 11. The fourth-order valence-electron chi connectivity index (χ4n) is 3.60. The minimum Gasteiger partial charge on any atom is -0.487 e. The van der Waals surface area contributed by atoms with Crippen molar-refractivity contribution in [1.82, 2.24) is 0 Å². The molecule has 4 rings (SSSR count). The molecule has 1 aliphatic heterocycles. The lowest BCUT2D eigenvalue weighted by atomic mass is 10.2. The van der Waals surface area contributed by atoms with Crippen LogP contribution in [0, 0.1) is 4.91 Å². The molecule has 1 heterocycles. The predicted octanol–water partition coefficient (Wildman–Crippen LogP) is 5.29. The van der Waals surface area contributed by atoms with Gasteiger partial charge in [-0.2, -0.15) is 0 Å². The smallest absolute Gasteiger partial charge is 0.224 e. The molecule has 8 nitrogen and oxygen atoms in total. The molecule has 3 aromatic carbocycles. The van der Waals surface area contributed by atoms with Crippen LogP contribution >= 0.6 is 0 Å². The average molecular weight is 464 g/mol. The van der Waals surface area contributed by atoms with Crippen molar-refractivity contribution in [3.63, 3.8) is 0 Å². The molecule has 0 spiro atoms. The van der Waals surface area contributed by atoms with E-state index in [-0.39, 0.29) is 20.0 Å². The van der Waals surface area contributed by atoms with Gasteiger partial charge in [0, 0.05) is 14.3 Å². The topological polar surface area (TPSA) is 89.5 Å². The minimum atomic E-state index is -0.355. The fourth-order valence-corrected chi connectivity index (χ4v) is 3.60. The van der Waals surface area contributed by atoms with Gasteiger partial charge in [-0.3, -0.25) is 4.79 Å². The van der Waals surface area contributed by atoms with Gasteiger partial charge in [0.2, 0.25) is 5.91 Å². The summed E-state index contributed by atoms with van der Waals surface area (Å²) in [4.78, 5) is 24.3. The first-order valence-corrected chi connectivity index (χ1v) is 11.2. The van der Waals surface area contributed by atoms with Gasteiger partial charge in [0.05, 0.1) is 36.4 Å². The summed E-state index contributed by atoms with van der Waals surface area (Å²) in [5.74, 6) is 0.300. The number of hydrogen-bond donors (Lipinski definition) is 1. The summed E-state index contributed by atoms with van der Waals surface area (Å²) in [5, 5.41) is 7.43. The summed E-state index contributed by atoms with van der Waals surface area (Å²) in [6.07, 6.45) is 0.334. The number of ether oxygens (including phenoxy) is 3. The van der Waals surface area contributed by atoms with E-state index in [0.717, 1.165) is 11.1 Å². The van der Waals surface area contributed by atoms with Crippen LogP contribution in [0.5, 0.6) is 5.75 Å². The number of anilines is 2. The second-order valence-electron chi connectivity index (χ2n) is 7.84. The average Bonchev–Trinajstić information content (AvgIpc) is 3.40. The van der Waals surface area contributed by atoms with Gasteiger partial charge in [0.25, 0.3) is 0 Å².